The van der Waals surface area contributed by atoms with E-state index in [4.69, 9.17) is 11.6 Å². The van der Waals surface area contributed by atoms with Crippen LogP contribution in [0.15, 0.2) is 29.3 Å². The van der Waals surface area contributed by atoms with Gasteiger partial charge in [0, 0.05) is 37.7 Å². The van der Waals surface area contributed by atoms with Gasteiger partial charge in [-0.1, -0.05) is 23.7 Å². The number of guanidine groups is 1. The first kappa shape index (κ1) is 24.0. The number of aliphatic imine (C=N–C) groups is 1. The van der Waals surface area contributed by atoms with Crippen LogP contribution in [0.5, 0.6) is 0 Å². The lowest BCUT2D eigenvalue weighted by Crippen LogP contribution is -2.55. The molecule has 2 rings (SSSR count). The third-order valence-corrected chi connectivity index (χ3v) is 4.52. The molecule has 8 heteroatoms. The summed E-state index contributed by atoms with van der Waals surface area (Å²) in [7, 11) is 4.13. The summed E-state index contributed by atoms with van der Waals surface area (Å²) in [5, 5.41) is 4.02. The first-order valence-corrected chi connectivity index (χ1v) is 9.57. The summed E-state index contributed by atoms with van der Waals surface area (Å²) >= 11 is 5.93. The zero-order chi connectivity index (χ0) is 18.9. The van der Waals surface area contributed by atoms with Gasteiger partial charge < -0.3 is 20.0 Å². The first-order chi connectivity index (χ1) is 12.5. The summed E-state index contributed by atoms with van der Waals surface area (Å²) in [6.45, 7) is 7.10. The van der Waals surface area contributed by atoms with Crippen molar-refractivity contribution in [2.24, 2.45) is 4.99 Å². The van der Waals surface area contributed by atoms with E-state index in [2.05, 4.69) is 34.2 Å². The van der Waals surface area contributed by atoms with E-state index in [1.54, 1.807) is 0 Å². The van der Waals surface area contributed by atoms with Gasteiger partial charge in [-0.3, -0.25) is 9.79 Å². The van der Waals surface area contributed by atoms with Crippen molar-refractivity contribution in [3.63, 3.8) is 0 Å². The second kappa shape index (κ2) is 12.4. The van der Waals surface area contributed by atoms with Crippen LogP contribution < -0.4 is 5.32 Å². The van der Waals surface area contributed by atoms with Crippen LogP contribution in [0.1, 0.15) is 18.9 Å². The Morgan fingerprint density at radius 3 is 2.56 bits per heavy atom. The molecule has 0 spiro atoms. The Hall–Kier alpha value is -1.06. The largest absolute Gasteiger partial charge is 0.357 e. The van der Waals surface area contributed by atoms with Gasteiger partial charge in [-0.15, -0.1) is 24.0 Å². The maximum Gasteiger partial charge on any atom is 0.242 e. The van der Waals surface area contributed by atoms with Gasteiger partial charge in [0.2, 0.25) is 5.91 Å². The number of benzene rings is 1. The SMILES string of the molecule is CCNC(=NCCCN(C)C)N1CCN(Cc2ccc(Cl)cc2)C(=O)C1.I. The van der Waals surface area contributed by atoms with E-state index in [-0.39, 0.29) is 29.9 Å². The fourth-order valence-electron chi connectivity index (χ4n) is 2.86. The number of rotatable bonds is 7. The van der Waals surface area contributed by atoms with Crippen molar-refractivity contribution < 1.29 is 4.79 Å². The highest BCUT2D eigenvalue weighted by atomic mass is 127. The Morgan fingerprint density at radius 2 is 1.96 bits per heavy atom. The molecule has 1 heterocycles. The molecule has 1 aromatic carbocycles. The van der Waals surface area contributed by atoms with Gasteiger partial charge in [0.05, 0.1) is 6.54 Å². The highest BCUT2D eigenvalue weighted by Gasteiger charge is 2.25. The van der Waals surface area contributed by atoms with Crippen LogP contribution in [0.25, 0.3) is 0 Å². The lowest BCUT2D eigenvalue weighted by atomic mass is 10.2. The van der Waals surface area contributed by atoms with Gasteiger partial charge in [-0.05, 0) is 51.7 Å². The molecular formula is C19H31ClIN5O. The molecule has 27 heavy (non-hydrogen) atoms. The predicted molar refractivity (Wildman–Crippen MR) is 123 cm³/mol. The zero-order valence-electron chi connectivity index (χ0n) is 16.4. The molecule has 1 saturated heterocycles. The standard InChI is InChI=1S/C19H30ClN5O.HI/c1-4-21-19(22-10-5-11-23(2)3)25-13-12-24(18(26)15-25)14-16-6-8-17(20)9-7-16;/h6-9H,4-5,10-15H2,1-3H3,(H,21,22);1H. The molecule has 0 atom stereocenters. The summed E-state index contributed by atoms with van der Waals surface area (Å²) in [5.41, 5.74) is 1.10. The molecule has 0 saturated carbocycles. The molecule has 1 N–H and O–H groups in total. The molecular weight excluding hydrogens is 477 g/mol. The molecule has 1 fully saturated rings. The molecule has 0 unspecified atom stereocenters. The minimum absolute atomic E-state index is 0. The van der Waals surface area contributed by atoms with Crippen molar-refractivity contribution in [1.29, 1.82) is 0 Å². The minimum atomic E-state index is 0. The zero-order valence-corrected chi connectivity index (χ0v) is 19.5. The summed E-state index contributed by atoms with van der Waals surface area (Å²) in [6.07, 6.45) is 1.01. The van der Waals surface area contributed by atoms with Crippen LogP contribution in [0.3, 0.4) is 0 Å². The second-order valence-electron chi connectivity index (χ2n) is 6.76. The highest BCUT2D eigenvalue weighted by Crippen LogP contribution is 2.13. The third-order valence-electron chi connectivity index (χ3n) is 4.26. The van der Waals surface area contributed by atoms with Gasteiger partial charge in [-0.2, -0.15) is 0 Å². The maximum atomic E-state index is 12.6. The van der Waals surface area contributed by atoms with Crippen molar-refractivity contribution in [3.05, 3.63) is 34.9 Å². The lowest BCUT2D eigenvalue weighted by molar-refractivity contribution is -0.135. The molecule has 6 nitrogen and oxygen atoms in total. The number of hydrogen-bond donors (Lipinski definition) is 1. The highest BCUT2D eigenvalue weighted by molar-refractivity contribution is 14.0. The first-order valence-electron chi connectivity index (χ1n) is 9.19. The van der Waals surface area contributed by atoms with Crippen molar-refractivity contribution in [2.45, 2.75) is 19.9 Å². The van der Waals surface area contributed by atoms with Crippen LogP contribution in [0.2, 0.25) is 5.02 Å². The van der Waals surface area contributed by atoms with Crippen molar-refractivity contribution in [2.75, 3.05) is 53.4 Å². The maximum absolute atomic E-state index is 12.6. The van der Waals surface area contributed by atoms with Crippen molar-refractivity contribution >= 4 is 47.4 Å². The van der Waals surface area contributed by atoms with Gasteiger partial charge in [0.25, 0.3) is 0 Å². The van der Waals surface area contributed by atoms with E-state index >= 15 is 0 Å². The van der Waals surface area contributed by atoms with Crippen LogP contribution >= 0.6 is 35.6 Å². The number of carbonyl (C=O) groups is 1. The quantitative estimate of drug-likeness (QED) is 0.267. The minimum Gasteiger partial charge on any atom is -0.357 e. The van der Waals surface area contributed by atoms with Crippen LogP contribution in [-0.4, -0.2) is 79.9 Å². The van der Waals surface area contributed by atoms with Gasteiger partial charge >= 0.3 is 0 Å². The normalized spacial score (nSPS) is 15.1. The number of nitrogens with one attached hydrogen (secondary N) is 1. The Morgan fingerprint density at radius 1 is 1.26 bits per heavy atom. The summed E-state index contributed by atoms with van der Waals surface area (Å²) in [6, 6.07) is 7.67. The predicted octanol–water partition coefficient (Wildman–Crippen LogP) is 2.52. The molecule has 152 valence electrons. The van der Waals surface area contributed by atoms with E-state index < -0.39 is 0 Å². The number of hydrogen-bond acceptors (Lipinski definition) is 3. The fraction of sp³-hybridized carbons (Fsp3) is 0.579. The fourth-order valence-corrected chi connectivity index (χ4v) is 2.99. The van der Waals surface area contributed by atoms with E-state index in [9.17, 15) is 4.79 Å². The van der Waals surface area contributed by atoms with Gasteiger partial charge in [0.15, 0.2) is 5.96 Å². The number of carbonyl (C=O) groups excluding carboxylic acids is 1. The molecule has 1 aliphatic heterocycles. The number of nitrogens with zero attached hydrogens (tertiary/aromatic N) is 4. The molecule has 0 aromatic heterocycles. The van der Waals surface area contributed by atoms with E-state index in [0.717, 1.165) is 44.1 Å². The topological polar surface area (TPSA) is 51.2 Å². The van der Waals surface area contributed by atoms with Crippen LogP contribution in [0, 0.1) is 0 Å². The summed E-state index contributed by atoms with van der Waals surface area (Å²) in [5.74, 6) is 0.968. The monoisotopic (exact) mass is 507 g/mol. The van der Waals surface area contributed by atoms with E-state index in [1.165, 1.54) is 0 Å². The Bertz CT molecular complexity index is 609. The Labute approximate surface area is 185 Å². The molecule has 1 amide bonds. The van der Waals surface area contributed by atoms with Crippen LogP contribution in [0.4, 0.5) is 0 Å². The molecule has 0 bridgehead atoms. The molecule has 0 radical (unpaired) electrons. The number of halogens is 2. The summed E-state index contributed by atoms with van der Waals surface area (Å²) < 4.78 is 0. The third kappa shape index (κ3) is 8.23. The van der Waals surface area contributed by atoms with Gasteiger partial charge in [-0.25, -0.2) is 0 Å². The number of amides is 1. The average Bonchev–Trinajstić information content (AvgIpc) is 2.61. The van der Waals surface area contributed by atoms with Gasteiger partial charge in [0.1, 0.15) is 0 Å². The number of piperazine rings is 1. The average molecular weight is 508 g/mol. The van der Waals surface area contributed by atoms with Crippen molar-refractivity contribution in [3.8, 4) is 0 Å². The second-order valence-corrected chi connectivity index (χ2v) is 7.19. The van der Waals surface area contributed by atoms with Crippen molar-refractivity contribution in [1.82, 2.24) is 20.0 Å². The Kier molecular flexibility index (Phi) is 11.0. The smallest absolute Gasteiger partial charge is 0.242 e. The summed E-state index contributed by atoms with van der Waals surface area (Å²) in [4.78, 5) is 23.4. The lowest BCUT2D eigenvalue weighted by Gasteiger charge is -2.36. The molecule has 0 aliphatic carbocycles. The molecule has 1 aliphatic rings. The Balaban J connectivity index is 0.00000364. The molecule has 1 aromatic rings. The van der Waals surface area contributed by atoms with E-state index in [1.807, 2.05) is 36.1 Å². The van der Waals surface area contributed by atoms with Crippen LogP contribution in [-0.2, 0) is 11.3 Å². The van der Waals surface area contributed by atoms with E-state index in [0.29, 0.717) is 24.7 Å².